The van der Waals surface area contributed by atoms with Gasteiger partial charge in [-0.1, -0.05) is 12.8 Å². The van der Waals surface area contributed by atoms with E-state index in [1.54, 1.807) is 0 Å². The van der Waals surface area contributed by atoms with Gasteiger partial charge in [0.1, 0.15) is 0 Å². The van der Waals surface area contributed by atoms with Crippen LogP contribution in [0.5, 0.6) is 0 Å². The van der Waals surface area contributed by atoms with Crippen LogP contribution in [0.2, 0.25) is 0 Å². The first-order chi connectivity index (χ1) is 10.3. The van der Waals surface area contributed by atoms with E-state index in [2.05, 4.69) is 10.7 Å². The van der Waals surface area contributed by atoms with Crippen LogP contribution in [0, 0.1) is 17.8 Å². The van der Waals surface area contributed by atoms with Gasteiger partial charge in [0, 0.05) is 16.8 Å². The number of aromatic nitrogens is 1. The van der Waals surface area contributed by atoms with Crippen LogP contribution >= 0.6 is 11.3 Å². The molecule has 5 aliphatic rings. The Morgan fingerprint density at radius 1 is 1.00 bits per heavy atom. The highest BCUT2D eigenvalue weighted by Crippen LogP contribution is 2.60. The van der Waals surface area contributed by atoms with Crippen LogP contribution in [0.4, 0.5) is 5.13 Å². The highest BCUT2D eigenvalue weighted by Gasteiger charge is 2.52. The average molecular weight is 302 g/mol. The summed E-state index contributed by atoms with van der Waals surface area (Å²) in [5.74, 6) is 3.05. The Bertz CT molecular complexity index is 494. The van der Waals surface area contributed by atoms with E-state index in [-0.39, 0.29) is 0 Å². The molecule has 0 aromatic carbocycles. The summed E-state index contributed by atoms with van der Waals surface area (Å²) in [6, 6.07) is 0.695. The first-order valence-electron chi connectivity index (χ1n) is 9.02. The van der Waals surface area contributed by atoms with Crippen molar-refractivity contribution in [1.82, 2.24) is 4.98 Å². The molecule has 21 heavy (non-hydrogen) atoms. The molecule has 2 nitrogen and oxygen atoms in total. The van der Waals surface area contributed by atoms with Gasteiger partial charge in [0.15, 0.2) is 5.13 Å². The Balaban J connectivity index is 1.39. The smallest absolute Gasteiger partial charge is 0.183 e. The van der Waals surface area contributed by atoms with Gasteiger partial charge in [-0.15, -0.1) is 11.3 Å². The lowest BCUT2D eigenvalue weighted by atomic mass is 9.49. The molecule has 0 unspecified atom stereocenters. The molecule has 1 aromatic heterocycles. The van der Waals surface area contributed by atoms with Crippen molar-refractivity contribution >= 4 is 16.5 Å². The maximum atomic E-state index is 5.07. The number of nitrogens with zero attached hydrogens (tertiary/aromatic N) is 1. The number of anilines is 1. The van der Waals surface area contributed by atoms with E-state index in [4.69, 9.17) is 4.98 Å². The van der Waals surface area contributed by atoms with Gasteiger partial charge in [-0.3, -0.25) is 0 Å². The molecule has 0 spiro atoms. The van der Waals surface area contributed by atoms with Crippen molar-refractivity contribution in [1.29, 1.82) is 0 Å². The van der Waals surface area contributed by atoms with Crippen LogP contribution in [0.25, 0.3) is 0 Å². The molecule has 114 valence electrons. The van der Waals surface area contributed by atoms with Crippen molar-refractivity contribution in [2.45, 2.75) is 75.7 Å². The number of nitrogens with one attached hydrogen (secondary N) is 1. The van der Waals surface area contributed by atoms with Gasteiger partial charge in [0.2, 0.25) is 0 Å². The molecule has 0 radical (unpaired) electrons. The van der Waals surface area contributed by atoms with Gasteiger partial charge < -0.3 is 5.32 Å². The van der Waals surface area contributed by atoms with Crippen molar-refractivity contribution in [3.8, 4) is 0 Å². The summed E-state index contributed by atoms with van der Waals surface area (Å²) in [7, 11) is 0. The van der Waals surface area contributed by atoms with Crippen LogP contribution in [0.3, 0.4) is 0 Å². The topological polar surface area (TPSA) is 24.9 Å². The van der Waals surface area contributed by atoms with Crippen molar-refractivity contribution in [3.63, 3.8) is 0 Å². The quantitative estimate of drug-likeness (QED) is 0.853. The van der Waals surface area contributed by atoms with Crippen molar-refractivity contribution in [3.05, 3.63) is 11.1 Å². The lowest BCUT2D eigenvalue weighted by Gasteiger charge is -2.56. The van der Waals surface area contributed by atoms with Gasteiger partial charge in [0.05, 0.1) is 5.69 Å². The highest BCUT2D eigenvalue weighted by molar-refractivity contribution is 7.13. The van der Waals surface area contributed by atoms with Crippen LogP contribution in [-0.2, 0) is 5.41 Å². The summed E-state index contributed by atoms with van der Waals surface area (Å²) >= 11 is 1.86. The fourth-order valence-electron chi connectivity index (χ4n) is 6.25. The molecule has 3 heteroatoms. The molecular formula is C18H26N2S. The maximum absolute atomic E-state index is 5.07. The average Bonchev–Trinajstić information content (AvgIpc) is 3.09. The van der Waals surface area contributed by atoms with E-state index in [0.29, 0.717) is 11.5 Å². The minimum Gasteiger partial charge on any atom is -0.359 e. The van der Waals surface area contributed by atoms with Crippen molar-refractivity contribution in [2.75, 3.05) is 5.32 Å². The van der Waals surface area contributed by atoms with E-state index in [0.717, 1.165) is 17.8 Å². The summed E-state index contributed by atoms with van der Waals surface area (Å²) in [5.41, 5.74) is 1.92. The molecule has 1 N–H and O–H groups in total. The summed E-state index contributed by atoms with van der Waals surface area (Å²) in [5, 5.41) is 7.30. The minimum atomic E-state index is 0.473. The molecule has 1 aromatic rings. The molecule has 0 amide bonds. The summed E-state index contributed by atoms with van der Waals surface area (Å²) < 4.78 is 0. The van der Waals surface area contributed by atoms with Crippen molar-refractivity contribution < 1.29 is 0 Å². The molecule has 0 aliphatic heterocycles. The molecule has 0 atom stereocenters. The number of rotatable bonds is 3. The Hall–Kier alpha value is -0.570. The number of hydrogen-bond acceptors (Lipinski definition) is 3. The third-order valence-corrected chi connectivity index (χ3v) is 7.54. The molecule has 0 saturated heterocycles. The lowest BCUT2D eigenvalue weighted by Crippen LogP contribution is -2.48. The Kier molecular flexibility index (Phi) is 2.90. The van der Waals surface area contributed by atoms with E-state index in [1.165, 1.54) is 75.0 Å². The van der Waals surface area contributed by atoms with Gasteiger partial charge in [-0.2, -0.15) is 0 Å². The summed E-state index contributed by atoms with van der Waals surface area (Å²) in [6.45, 7) is 0. The fraction of sp³-hybridized carbons (Fsp3) is 0.833. The molecule has 5 saturated carbocycles. The molecule has 6 rings (SSSR count). The van der Waals surface area contributed by atoms with E-state index >= 15 is 0 Å². The maximum Gasteiger partial charge on any atom is 0.183 e. The van der Waals surface area contributed by atoms with Gasteiger partial charge >= 0.3 is 0 Å². The van der Waals surface area contributed by atoms with Crippen LogP contribution < -0.4 is 5.32 Å². The largest absolute Gasteiger partial charge is 0.359 e. The highest BCUT2D eigenvalue weighted by atomic mass is 32.1. The Labute approximate surface area is 131 Å². The van der Waals surface area contributed by atoms with Crippen LogP contribution in [0.15, 0.2) is 5.38 Å². The molecule has 4 bridgehead atoms. The second-order valence-corrected chi connectivity index (χ2v) is 9.22. The van der Waals surface area contributed by atoms with Crippen LogP contribution in [0.1, 0.15) is 69.9 Å². The Morgan fingerprint density at radius 3 is 2.24 bits per heavy atom. The van der Waals surface area contributed by atoms with E-state index in [1.807, 2.05) is 11.3 Å². The predicted octanol–water partition coefficient (Wildman–Crippen LogP) is 4.97. The normalized spacial score (nSPS) is 41.8. The summed E-state index contributed by atoms with van der Waals surface area (Å²) in [6.07, 6.45) is 14.3. The predicted molar refractivity (Wildman–Crippen MR) is 87.8 cm³/mol. The SMILES string of the molecule is c1sc(NC2CCCC2)nc1C12CC3CC(CC(C3)C1)C2. The van der Waals surface area contributed by atoms with Crippen LogP contribution in [-0.4, -0.2) is 11.0 Å². The lowest BCUT2D eigenvalue weighted by molar-refractivity contribution is -0.00688. The first kappa shape index (κ1) is 12.9. The number of thiazole rings is 1. The molecule has 5 aliphatic carbocycles. The first-order valence-corrected chi connectivity index (χ1v) is 9.90. The van der Waals surface area contributed by atoms with E-state index in [9.17, 15) is 0 Å². The fourth-order valence-corrected chi connectivity index (χ4v) is 7.16. The third-order valence-electron chi connectivity index (χ3n) is 6.77. The summed E-state index contributed by atoms with van der Waals surface area (Å²) in [4.78, 5) is 5.07. The van der Waals surface area contributed by atoms with E-state index < -0.39 is 0 Å². The number of hydrogen-bond donors (Lipinski definition) is 1. The van der Waals surface area contributed by atoms with Crippen molar-refractivity contribution in [2.24, 2.45) is 17.8 Å². The zero-order valence-electron chi connectivity index (χ0n) is 12.8. The van der Waals surface area contributed by atoms with Gasteiger partial charge in [-0.05, 0) is 69.1 Å². The standard InChI is InChI=1S/C18H26N2S/c1-2-4-15(3-1)19-17-20-16(11-21-17)18-8-12-5-13(9-18)7-14(6-12)10-18/h11-15H,1-10H2,(H,19,20). The third kappa shape index (κ3) is 2.15. The van der Waals surface area contributed by atoms with Gasteiger partial charge in [-0.25, -0.2) is 4.98 Å². The Morgan fingerprint density at radius 2 is 1.62 bits per heavy atom. The zero-order valence-corrected chi connectivity index (χ0v) is 13.6. The second-order valence-electron chi connectivity index (χ2n) is 8.36. The monoisotopic (exact) mass is 302 g/mol. The van der Waals surface area contributed by atoms with Gasteiger partial charge in [0.25, 0.3) is 0 Å². The molecule has 1 heterocycles. The zero-order chi connectivity index (χ0) is 13.9. The second kappa shape index (κ2) is 4.71. The molecule has 5 fully saturated rings. The molecular weight excluding hydrogens is 276 g/mol. The minimum absolute atomic E-state index is 0.473.